The van der Waals surface area contributed by atoms with Crippen molar-refractivity contribution in [1.29, 1.82) is 0 Å². The van der Waals surface area contributed by atoms with Gasteiger partial charge in [0.15, 0.2) is 0 Å². The monoisotopic (exact) mass is 296 g/mol. The van der Waals surface area contributed by atoms with Gasteiger partial charge in [0.25, 0.3) is 0 Å². The van der Waals surface area contributed by atoms with Crippen LogP contribution in [-0.4, -0.2) is 11.1 Å². The van der Waals surface area contributed by atoms with E-state index in [1.165, 1.54) is 0 Å². The summed E-state index contributed by atoms with van der Waals surface area (Å²) in [4.78, 5) is 10.6. The highest BCUT2D eigenvalue weighted by molar-refractivity contribution is 6.34. The van der Waals surface area contributed by atoms with Gasteiger partial charge in [-0.25, -0.2) is 4.79 Å². The van der Waals surface area contributed by atoms with Crippen molar-refractivity contribution in [3.05, 3.63) is 69.7 Å². The van der Waals surface area contributed by atoms with Gasteiger partial charge >= 0.3 is 5.97 Å². The number of aromatic carboxylic acids is 1. The molecule has 0 heterocycles. The van der Waals surface area contributed by atoms with Gasteiger partial charge in [0.05, 0.1) is 5.56 Å². The lowest BCUT2D eigenvalue weighted by molar-refractivity contribution is 0.0695. The van der Waals surface area contributed by atoms with E-state index in [1.807, 2.05) is 25.1 Å². The maximum Gasteiger partial charge on any atom is 0.335 e. The van der Waals surface area contributed by atoms with Crippen molar-refractivity contribution in [2.24, 2.45) is 0 Å². The van der Waals surface area contributed by atoms with Crippen LogP contribution in [0.4, 0.5) is 0 Å². The number of carbonyl (C=O) groups is 1. The molecule has 19 heavy (non-hydrogen) atoms. The summed E-state index contributed by atoms with van der Waals surface area (Å²) in [5.41, 5.74) is 1.30. The van der Waals surface area contributed by atoms with E-state index in [2.05, 4.69) is 0 Å². The second kappa shape index (κ2) is 7.82. The molecule has 0 radical (unpaired) electrons. The molecule has 2 aromatic rings. The van der Waals surface area contributed by atoms with Crippen LogP contribution in [0.2, 0.25) is 10.0 Å². The molecule has 0 aromatic heterocycles. The largest absolute Gasteiger partial charge is 0.478 e. The Bertz CT molecular complexity index is 536. The summed E-state index contributed by atoms with van der Waals surface area (Å²) in [5, 5.41) is 10.1. The highest BCUT2D eigenvalue weighted by Crippen LogP contribution is 2.14. The highest BCUT2D eigenvalue weighted by Gasteiger charge is 2.05. The molecule has 2 rings (SSSR count). The molecule has 0 aliphatic heterocycles. The Labute approximate surface area is 122 Å². The van der Waals surface area contributed by atoms with Crippen LogP contribution in [0.3, 0.4) is 0 Å². The Hall–Kier alpha value is -1.51. The van der Waals surface area contributed by atoms with E-state index in [4.69, 9.17) is 28.3 Å². The molecule has 0 bridgehead atoms. The molecule has 0 saturated carbocycles. The minimum atomic E-state index is -0.845. The van der Waals surface area contributed by atoms with Crippen molar-refractivity contribution >= 4 is 29.2 Å². The summed E-state index contributed by atoms with van der Waals surface area (Å²) in [6.07, 6.45) is 0.766. The highest BCUT2D eigenvalue weighted by atomic mass is 35.5. The Morgan fingerprint density at radius 1 is 1.05 bits per heavy atom. The lowest BCUT2D eigenvalue weighted by atomic mass is 10.1. The summed E-state index contributed by atoms with van der Waals surface area (Å²) < 4.78 is 0. The third-order valence-electron chi connectivity index (χ3n) is 2.42. The Kier molecular flexibility index (Phi) is 6.40. The van der Waals surface area contributed by atoms with E-state index in [9.17, 15) is 4.79 Å². The minimum Gasteiger partial charge on any atom is -0.478 e. The van der Waals surface area contributed by atoms with E-state index in [0.29, 0.717) is 15.6 Å². The average molecular weight is 297 g/mol. The number of halogens is 2. The molecule has 4 heteroatoms. The second-order valence-electron chi connectivity index (χ2n) is 3.76. The van der Waals surface area contributed by atoms with Crippen LogP contribution < -0.4 is 0 Å². The van der Waals surface area contributed by atoms with Crippen molar-refractivity contribution in [1.82, 2.24) is 0 Å². The smallest absolute Gasteiger partial charge is 0.335 e. The van der Waals surface area contributed by atoms with Crippen LogP contribution >= 0.6 is 23.2 Å². The van der Waals surface area contributed by atoms with E-state index in [-0.39, 0.29) is 0 Å². The number of hydrogen-bond acceptors (Lipinski definition) is 1. The van der Waals surface area contributed by atoms with Crippen molar-refractivity contribution in [2.45, 2.75) is 13.3 Å². The Morgan fingerprint density at radius 2 is 1.63 bits per heavy atom. The molecule has 0 fully saturated rings. The first kappa shape index (κ1) is 15.5. The van der Waals surface area contributed by atoms with Crippen molar-refractivity contribution in [3.63, 3.8) is 0 Å². The fourth-order valence-electron chi connectivity index (χ4n) is 1.50. The maximum absolute atomic E-state index is 10.6. The molecule has 1 N–H and O–H groups in total. The van der Waals surface area contributed by atoms with Gasteiger partial charge in [-0.2, -0.15) is 0 Å². The van der Waals surface area contributed by atoms with E-state index in [0.717, 1.165) is 12.0 Å². The SMILES string of the molecule is CCc1ccccc1C(=O)O.Clc1cccc(Cl)c1. The predicted octanol–water partition coefficient (Wildman–Crippen LogP) is 4.94. The summed E-state index contributed by atoms with van der Waals surface area (Å²) in [6.45, 7) is 1.95. The number of benzene rings is 2. The molecule has 0 spiro atoms. The number of carboxylic acids is 1. The van der Waals surface area contributed by atoms with Crippen LogP contribution in [0, 0.1) is 0 Å². The van der Waals surface area contributed by atoms with E-state index in [1.54, 1.807) is 30.3 Å². The van der Waals surface area contributed by atoms with Gasteiger partial charge in [-0.1, -0.05) is 54.4 Å². The van der Waals surface area contributed by atoms with Gasteiger partial charge in [-0.05, 0) is 36.2 Å². The predicted molar refractivity (Wildman–Crippen MR) is 79.2 cm³/mol. The van der Waals surface area contributed by atoms with Crippen LogP contribution in [0.5, 0.6) is 0 Å². The molecule has 0 amide bonds. The zero-order valence-corrected chi connectivity index (χ0v) is 11.9. The number of aryl methyl sites for hydroxylation is 1. The molecular weight excluding hydrogens is 283 g/mol. The van der Waals surface area contributed by atoms with Crippen molar-refractivity contribution in [3.8, 4) is 0 Å². The van der Waals surface area contributed by atoms with E-state index < -0.39 is 5.97 Å². The van der Waals surface area contributed by atoms with Gasteiger partial charge in [-0.3, -0.25) is 0 Å². The zero-order valence-electron chi connectivity index (χ0n) is 10.4. The van der Waals surface area contributed by atoms with Crippen LogP contribution in [0.25, 0.3) is 0 Å². The first-order chi connectivity index (χ1) is 9.04. The Morgan fingerprint density at radius 3 is 2.00 bits per heavy atom. The third-order valence-corrected chi connectivity index (χ3v) is 2.89. The van der Waals surface area contributed by atoms with Crippen LogP contribution in [0.1, 0.15) is 22.8 Å². The minimum absolute atomic E-state index is 0.412. The quantitative estimate of drug-likeness (QED) is 0.852. The first-order valence-electron chi connectivity index (χ1n) is 5.77. The summed E-state index contributed by atoms with van der Waals surface area (Å²) >= 11 is 11.1. The number of carboxylic acid groups (broad SMARTS) is 1. The van der Waals surface area contributed by atoms with Crippen molar-refractivity contribution in [2.75, 3.05) is 0 Å². The maximum atomic E-state index is 10.6. The molecule has 0 aliphatic carbocycles. The van der Waals surface area contributed by atoms with Gasteiger partial charge < -0.3 is 5.11 Å². The zero-order chi connectivity index (χ0) is 14.3. The first-order valence-corrected chi connectivity index (χ1v) is 6.52. The molecule has 0 unspecified atom stereocenters. The fourth-order valence-corrected chi connectivity index (χ4v) is 1.93. The molecule has 100 valence electrons. The normalized spacial score (nSPS) is 9.42. The van der Waals surface area contributed by atoms with Gasteiger partial charge in [0.1, 0.15) is 0 Å². The lowest BCUT2D eigenvalue weighted by Crippen LogP contribution is -2.00. The third kappa shape index (κ3) is 5.33. The topological polar surface area (TPSA) is 37.3 Å². The summed E-state index contributed by atoms with van der Waals surface area (Å²) in [5.74, 6) is -0.845. The summed E-state index contributed by atoms with van der Waals surface area (Å²) in [7, 11) is 0. The van der Waals surface area contributed by atoms with Gasteiger partial charge in [0.2, 0.25) is 0 Å². The van der Waals surface area contributed by atoms with Crippen molar-refractivity contribution < 1.29 is 9.90 Å². The molecule has 2 nitrogen and oxygen atoms in total. The summed E-state index contributed by atoms with van der Waals surface area (Å²) in [6, 6.07) is 14.1. The second-order valence-corrected chi connectivity index (χ2v) is 4.63. The number of rotatable bonds is 2. The lowest BCUT2D eigenvalue weighted by Gasteiger charge is -2.00. The van der Waals surface area contributed by atoms with Crippen LogP contribution in [0.15, 0.2) is 48.5 Å². The van der Waals surface area contributed by atoms with Gasteiger partial charge in [0, 0.05) is 10.0 Å². The van der Waals surface area contributed by atoms with E-state index >= 15 is 0 Å². The molecule has 0 saturated heterocycles. The molecule has 2 aromatic carbocycles. The van der Waals surface area contributed by atoms with Crippen LogP contribution in [-0.2, 0) is 6.42 Å². The molecule has 0 atom stereocenters. The average Bonchev–Trinajstić information content (AvgIpc) is 2.39. The van der Waals surface area contributed by atoms with Gasteiger partial charge in [-0.15, -0.1) is 0 Å². The molecule has 0 aliphatic rings. The molecular formula is C15H14Cl2O2. The standard InChI is InChI=1S/C9H10O2.C6H4Cl2/c1-2-7-5-3-4-6-8(7)9(10)11;7-5-2-1-3-6(8)4-5/h3-6H,2H2,1H3,(H,10,11);1-4H. The fraction of sp³-hybridized carbons (Fsp3) is 0.133. The Balaban J connectivity index is 0.000000200. The number of hydrogen-bond donors (Lipinski definition) is 1.